The van der Waals surface area contributed by atoms with Crippen molar-refractivity contribution in [3.8, 4) is 11.5 Å². The van der Waals surface area contributed by atoms with Gasteiger partial charge in [-0.2, -0.15) is 0 Å². The predicted molar refractivity (Wildman–Crippen MR) is 79.8 cm³/mol. The van der Waals surface area contributed by atoms with E-state index in [1.165, 1.54) is 5.56 Å². The van der Waals surface area contributed by atoms with Crippen LogP contribution in [-0.2, 0) is 0 Å². The van der Waals surface area contributed by atoms with Gasteiger partial charge in [0.25, 0.3) is 0 Å². The van der Waals surface area contributed by atoms with Crippen molar-refractivity contribution < 1.29 is 4.74 Å². The van der Waals surface area contributed by atoms with Gasteiger partial charge in [0.05, 0.1) is 0 Å². The van der Waals surface area contributed by atoms with E-state index in [2.05, 4.69) is 32.9 Å². The SMILES string of the molecule is Cc1cc(C)c(Oc2ccc(C(C)N)cc2)c(C)c1. The molecule has 0 fully saturated rings. The molecule has 2 rings (SSSR count). The highest BCUT2D eigenvalue weighted by molar-refractivity contribution is 5.45. The number of benzene rings is 2. The minimum atomic E-state index is 0.0527. The average Bonchev–Trinajstić information content (AvgIpc) is 2.34. The molecule has 2 N–H and O–H groups in total. The zero-order valence-electron chi connectivity index (χ0n) is 12.0. The number of ether oxygens (including phenoxy) is 1. The fourth-order valence-electron chi connectivity index (χ4n) is 2.29. The third-order valence-corrected chi connectivity index (χ3v) is 3.23. The van der Waals surface area contributed by atoms with Gasteiger partial charge in [-0.15, -0.1) is 0 Å². The van der Waals surface area contributed by atoms with Crippen LogP contribution in [-0.4, -0.2) is 0 Å². The van der Waals surface area contributed by atoms with Crippen molar-refractivity contribution >= 4 is 0 Å². The molecule has 2 aromatic rings. The summed E-state index contributed by atoms with van der Waals surface area (Å²) in [7, 11) is 0. The van der Waals surface area contributed by atoms with Gasteiger partial charge in [0.15, 0.2) is 0 Å². The highest BCUT2D eigenvalue weighted by atomic mass is 16.5. The lowest BCUT2D eigenvalue weighted by Gasteiger charge is -2.13. The third kappa shape index (κ3) is 3.15. The predicted octanol–water partition coefficient (Wildman–Crippen LogP) is 4.42. The Labute approximate surface area is 115 Å². The number of hydrogen-bond acceptors (Lipinski definition) is 2. The summed E-state index contributed by atoms with van der Waals surface area (Å²) in [5.74, 6) is 1.79. The molecule has 0 aliphatic heterocycles. The third-order valence-electron chi connectivity index (χ3n) is 3.23. The van der Waals surface area contributed by atoms with E-state index in [9.17, 15) is 0 Å². The molecule has 19 heavy (non-hydrogen) atoms. The minimum Gasteiger partial charge on any atom is -0.457 e. The first-order chi connectivity index (χ1) is 8.97. The Morgan fingerprint density at radius 2 is 1.47 bits per heavy atom. The summed E-state index contributed by atoms with van der Waals surface area (Å²) in [6.07, 6.45) is 0. The van der Waals surface area contributed by atoms with Crippen LogP contribution in [0.15, 0.2) is 36.4 Å². The molecule has 2 aromatic carbocycles. The molecule has 0 saturated carbocycles. The van der Waals surface area contributed by atoms with Crippen LogP contribution >= 0.6 is 0 Å². The van der Waals surface area contributed by atoms with Gasteiger partial charge in [-0.1, -0.05) is 29.8 Å². The van der Waals surface area contributed by atoms with Crippen molar-refractivity contribution in [2.75, 3.05) is 0 Å². The highest BCUT2D eigenvalue weighted by Crippen LogP contribution is 2.30. The van der Waals surface area contributed by atoms with E-state index in [1.807, 2.05) is 31.2 Å². The van der Waals surface area contributed by atoms with Gasteiger partial charge in [0.1, 0.15) is 11.5 Å². The van der Waals surface area contributed by atoms with Gasteiger partial charge in [-0.3, -0.25) is 0 Å². The van der Waals surface area contributed by atoms with E-state index in [4.69, 9.17) is 10.5 Å². The molecule has 100 valence electrons. The van der Waals surface area contributed by atoms with E-state index >= 15 is 0 Å². The van der Waals surface area contributed by atoms with Crippen molar-refractivity contribution in [1.29, 1.82) is 0 Å². The Bertz CT molecular complexity index is 547. The molecular formula is C17H21NO. The van der Waals surface area contributed by atoms with Crippen LogP contribution in [0.2, 0.25) is 0 Å². The largest absolute Gasteiger partial charge is 0.457 e. The number of aryl methyl sites for hydroxylation is 3. The molecule has 0 aliphatic rings. The van der Waals surface area contributed by atoms with Gasteiger partial charge < -0.3 is 10.5 Å². The van der Waals surface area contributed by atoms with E-state index in [-0.39, 0.29) is 6.04 Å². The van der Waals surface area contributed by atoms with Crippen molar-refractivity contribution in [1.82, 2.24) is 0 Å². The summed E-state index contributed by atoms with van der Waals surface area (Å²) in [6, 6.07) is 12.3. The Balaban J connectivity index is 2.26. The van der Waals surface area contributed by atoms with E-state index in [0.717, 1.165) is 28.2 Å². The van der Waals surface area contributed by atoms with Crippen molar-refractivity contribution in [2.24, 2.45) is 5.73 Å². The standard InChI is InChI=1S/C17H21NO/c1-11-9-12(2)17(13(3)10-11)19-16-7-5-15(6-8-16)14(4)18/h5-10,14H,18H2,1-4H3. The lowest BCUT2D eigenvalue weighted by molar-refractivity contribution is 0.474. The van der Waals surface area contributed by atoms with Crippen LogP contribution in [0.4, 0.5) is 0 Å². The second-order valence-electron chi connectivity index (χ2n) is 5.19. The number of rotatable bonds is 3. The van der Waals surface area contributed by atoms with Crippen LogP contribution in [0.25, 0.3) is 0 Å². The smallest absolute Gasteiger partial charge is 0.133 e. The van der Waals surface area contributed by atoms with Gasteiger partial charge in [-0.05, 0) is 56.5 Å². The average molecular weight is 255 g/mol. The summed E-state index contributed by atoms with van der Waals surface area (Å²) in [6.45, 7) is 8.22. The first kappa shape index (κ1) is 13.6. The fourth-order valence-corrected chi connectivity index (χ4v) is 2.29. The molecule has 0 aromatic heterocycles. The van der Waals surface area contributed by atoms with Crippen LogP contribution in [0.1, 0.15) is 35.2 Å². The Hall–Kier alpha value is -1.80. The maximum absolute atomic E-state index is 5.99. The molecule has 0 bridgehead atoms. The zero-order valence-corrected chi connectivity index (χ0v) is 12.0. The molecule has 0 amide bonds. The molecule has 0 spiro atoms. The van der Waals surface area contributed by atoms with Gasteiger partial charge in [0, 0.05) is 6.04 Å². The van der Waals surface area contributed by atoms with Crippen molar-refractivity contribution in [2.45, 2.75) is 33.7 Å². The lowest BCUT2D eigenvalue weighted by atomic mass is 10.1. The van der Waals surface area contributed by atoms with Gasteiger partial charge >= 0.3 is 0 Å². The van der Waals surface area contributed by atoms with E-state index in [0.29, 0.717) is 0 Å². The number of hydrogen-bond donors (Lipinski definition) is 1. The second-order valence-corrected chi connectivity index (χ2v) is 5.19. The summed E-state index contributed by atoms with van der Waals surface area (Å²) < 4.78 is 5.99. The summed E-state index contributed by atoms with van der Waals surface area (Å²) >= 11 is 0. The molecule has 0 aliphatic carbocycles. The summed E-state index contributed by atoms with van der Waals surface area (Å²) in [5.41, 5.74) is 10.5. The fraction of sp³-hybridized carbons (Fsp3) is 0.294. The first-order valence-corrected chi connectivity index (χ1v) is 6.58. The molecule has 0 heterocycles. The van der Waals surface area contributed by atoms with E-state index < -0.39 is 0 Å². The molecule has 1 unspecified atom stereocenters. The molecular weight excluding hydrogens is 234 g/mol. The zero-order chi connectivity index (χ0) is 14.0. The molecule has 1 atom stereocenters. The maximum atomic E-state index is 5.99. The molecule has 0 radical (unpaired) electrons. The van der Waals surface area contributed by atoms with Gasteiger partial charge in [-0.25, -0.2) is 0 Å². The van der Waals surface area contributed by atoms with Crippen LogP contribution < -0.4 is 10.5 Å². The molecule has 0 saturated heterocycles. The Morgan fingerprint density at radius 1 is 0.947 bits per heavy atom. The molecule has 2 nitrogen and oxygen atoms in total. The molecule has 2 heteroatoms. The Kier molecular flexibility index (Phi) is 3.91. The van der Waals surface area contributed by atoms with Crippen LogP contribution in [0, 0.1) is 20.8 Å². The summed E-state index contributed by atoms with van der Waals surface area (Å²) in [5, 5.41) is 0. The summed E-state index contributed by atoms with van der Waals surface area (Å²) in [4.78, 5) is 0. The highest BCUT2D eigenvalue weighted by Gasteiger charge is 2.07. The lowest BCUT2D eigenvalue weighted by Crippen LogP contribution is -2.04. The Morgan fingerprint density at radius 3 is 1.95 bits per heavy atom. The van der Waals surface area contributed by atoms with Crippen molar-refractivity contribution in [3.63, 3.8) is 0 Å². The van der Waals surface area contributed by atoms with Crippen molar-refractivity contribution in [3.05, 3.63) is 58.7 Å². The van der Waals surface area contributed by atoms with Crippen LogP contribution in [0.3, 0.4) is 0 Å². The monoisotopic (exact) mass is 255 g/mol. The van der Waals surface area contributed by atoms with Gasteiger partial charge in [0.2, 0.25) is 0 Å². The number of nitrogens with two attached hydrogens (primary N) is 1. The topological polar surface area (TPSA) is 35.2 Å². The quantitative estimate of drug-likeness (QED) is 0.881. The minimum absolute atomic E-state index is 0.0527. The maximum Gasteiger partial charge on any atom is 0.133 e. The second kappa shape index (κ2) is 5.45. The normalized spacial score (nSPS) is 12.3. The van der Waals surface area contributed by atoms with E-state index in [1.54, 1.807) is 0 Å². The van der Waals surface area contributed by atoms with Crippen LogP contribution in [0.5, 0.6) is 11.5 Å². The first-order valence-electron chi connectivity index (χ1n) is 6.58.